The van der Waals surface area contributed by atoms with Crippen LogP contribution >= 0.6 is 11.3 Å². The molecule has 0 fully saturated rings. The second-order valence-corrected chi connectivity index (χ2v) is 6.14. The number of thiophene rings is 1. The molecular weight excluding hydrogens is 276 g/mol. The van der Waals surface area contributed by atoms with Gasteiger partial charge in [0.2, 0.25) is 0 Å². The number of hydrogen-bond donors (Lipinski definition) is 3. The molecule has 114 valence electrons. The average Bonchev–Trinajstić information content (AvgIpc) is 2.90. The number of amides is 2. The monoisotopic (exact) mass is 300 g/mol. The van der Waals surface area contributed by atoms with Crippen molar-refractivity contribution in [3.63, 3.8) is 0 Å². The number of rotatable bonds is 8. The van der Waals surface area contributed by atoms with E-state index < -0.39 is 5.60 Å². The van der Waals surface area contributed by atoms with Crippen LogP contribution in [0.15, 0.2) is 16.8 Å². The van der Waals surface area contributed by atoms with Crippen LogP contribution in [0.4, 0.5) is 4.79 Å². The van der Waals surface area contributed by atoms with Crippen LogP contribution in [0.5, 0.6) is 0 Å². The van der Waals surface area contributed by atoms with E-state index in [0.29, 0.717) is 25.7 Å². The van der Waals surface area contributed by atoms with Crippen LogP contribution in [0.3, 0.4) is 0 Å². The molecule has 0 aliphatic rings. The molecule has 0 bridgehead atoms. The molecule has 1 aromatic heterocycles. The number of nitrogens with one attached hydrogen (secondary N) is 2. The van der Waals surface area contributed by atoms with Crippen molar-refractivity contribution in [2.24, 2.45) is 5.92 Å². The second-order valence-electron chi connectivity index (χ2n) is 5.36. The number of carbonyl (C=O) groups excluding carboxylic acids is 1. The van der Waals surface area contributed by atoms with Crippen molar-refractivity contribution in [2.45, 2.75) is 26.4 Å². The van der Waals surface area contributed by atoms with Gasteiger partial charge in [-0.05, 0) is 35.2 Å². The van der Waals surface area contributed by atoms with E-state index in [1.807, 2.05) is 16.8 Å². The summed E-state index contributed by atoms with van der Waals surface area (Å²) in [5.74, 6) is 0.490. The summed E-state index contributed by atoms with van der Waals surface area (Å²) in [5, 5.41) is 19.4. The molecular formula is C14H24N2O3S. The summed E-state index contributed by atoms with van der Waals surface area (Å²) >= 11 is 1.52. The Labute approximate surface area is 124 Å². The Morgan fingerprint density at radius 2 is 2.25 bits per heavy atom. The third kappa shape index (κ3) is 6.36. The molecule has 0 aliphatic carbocycles. The summed E-state index contributed by atoms with van der Waals surface area (Å²) in [4.78, 5) is 11.6. The van der Waals surface area contributed by atoms with Crippen LogP contribution in [-0.2, 0) is 10.3 Å². The van der Waals surface area contributed by atoms with Gasteiger partial charge in [0.1, 0.15) is 5.60 Å². The van der Waals surface area contributed by atoms with Crippen molar-refractivity contribution in [2.75, 3.05) is 26.3 Å². The summed E-state index contributed by atoms with van der Waals surface area (Å²) in [5.41, 5.74) is -0.242. The lowest BCUT2D eigenvalue weighted by atomic mass is 9.99. The third-order valence-electron chi connectivity index (χ3n) is 2.72. The van der Waals surface area contributed by atoms with Gasteiger partial charge in [-0.2, -0.15) is 11.3 Å². The fourth-order valence-corrected chi connectivity index (χ4v) is 2.33. The molecule has 5 nitrogen and oxygen atoms in total. The van der Waals surface area contributed by atoms with E-state index in [-0.39, 0.29) is 12.6 Å². The van der Waals surface area contributed by atoms with Crippen LogP contribution in [-0.4, -0.2) is 37.4 Å². The van der Waals surface area contributed by atoms with Gasteiger partial charge < -0.3 is 20.5 Å². The molecule has 3 N–H and O–H groups in total. The molecule has 0 radical (unpaired) electrons. The average molecular weight is 300 g/mol. The van der Waals surface area contributed by atoms with E-state index >= 15 is 0 Å². The molecule has 0 aromatic carbocycles. The van der Waals surface area contributed by atoms with Crippen molar-refractivity contribution in [1.29, 1.82) is 0 Å². The van der Waals surface area contributed by atoms with E-state index in [0.717, 1.165) is 5.56 Å². The Morgan fingerprint density at radius 3 is 2.85 bits per heavy atom. The summed E-state index contributed by atoms with van der Waals surface area (Å²) in [6.07, 6.45) is 0. The molecule has 1 heterocycles. The van der Waals surface area contributed by atoms with E-state index in [4.69, 9.17) is 4.74 Å². The Bertz CT molecular complexity index is 391. The first kappa shape index (κ1) is 16.9. The second kappa shape index (κ2) is 8.24. The van der Waals surface area contributed by atoms with E-state index in [1.165, 1.54) is 11.3 Å². The fourth-order valence-electron chi connectivity index (χ4n) is 1.54. The van der Waals surface area contributed by atoms with Crippen molar-refractivity contribution in [3.05, 3.63) is 22.4 Å². The zero-order valence-electron chi connectivity index (χ0n) is 12.3. The summed E-state index contributed by atoms with van der Waals surface area (Å²) in [6, 6.07) is 1.55. The normalized spacial score (nSPS) is 14.1. The van der Waals surface area contributed by atoms with Gasteiger partial charge >= 0.3 is 6.03 Å². The van der Waals surface area contributed by atoms with Gasteiger partial charge in [0.15, 0.2) is 0 Å². The van der Waals surface area contributed by atoms with Crippen LogP contribution in [0.25, 0.3) is 0 Å². The third-order valence-corrected chi connectivity index (χ3v) is 3.40. The molecule has 0 saturated carbocycles. The van der Waals surface area contributed by atoms with Crippen LogP contribution < -0.4 is 10.6 Å². The lowest BCUT2D eigenvalue weighted by molar-refractivity contribution is 0.0596. The fraction of sp³-hybridized carbons (Fsp3) is 0.643. The lowest BCUT2D eigenvalue weighted by Crippen LogP contribution is -2.44. The first-order chi connectivity index (χ1) is 9.42. The highest BCUT2D eigenvalue weighted by atomic mass is 32.1. The minimum Gasteiger partial charge on any atom is -0.384 e. The topological polar surface area (TPSA) is 70.6 Å². The van der Waals surface area contributed by atoms with Gasteiger partial charge in [0.05, 0.1) is 13.2 Å². The van der Waals surface area contributed by atoms with Crippen LogP contribution in [0.1, 0.15) is 26.3 Å². The van der Waals surface area contributed by atoms with Crippen molar-refractivity contribution >= 4 is 17.4 Å². The minimum atomic E-state index is -1.05. The predicted octanol–water partition coefficient (Wildman–Crippen LogP) is 1.93. The van der Waals surface area contributed by atoms with Crippen LogP contribution in [0.2, 0.25) is 0 Å². The predicted molar refractivity (Wildman–Crippen MR) is 80.9 cm³/mol. The first-order valence-corrected chi connectivity index (χ1v) is 7.70. The quantitative estimate of drug-likeness (QED) is 0.642. The summed E-state index contributed by atoms with van der Waals surface area (Å²) in [7, 11) is 0. The largest absolute Gasteiger partial charge is 0.384 e. The molecule has 20 heavy (non-hydrogen) atoms. The molecule has 1 atom stereocenters. The van der Waals surface area contributed by atoms with Crippen molar-refractivity contribution in [1.82, 2.24) is 10.6 Å². The molecule has 1 aromatic rings. The smallest absolute Gasteiger partial charge is 0.314 e. The van der Waals surface area contributed by atoms with Gasteiger partial charge in [0.25, 0.3) is 0 Å². The molecule has 6 heteroatoms. The van der Waals surface area contributed by atoms with Gasteiger partial charge in [-0.1, -0.05) is 13.8 Å². The number of urea groups is 1. The highest BCUT2D eigenvalue weighted by molar-refractivity contribution is 7.08. The summed E-state index contributed by atoms with van der Waals surface area (Å²) in [6.45, 7) is 7.64. The number of carbonyl (C=O) groups is 1. The Kier molecular flexibility index (Phi) is 6.98. The molecule has 0 spiro atoms. The Morgan fingerprint density at radius 1 is 1.50 bits per heavy atom. The first-order valence-electron chi connectivity index (χ1n) is 6.76. The standard InChI is InChI=1S/C14H24N2O3S/c1-11(2)8-19-6-5-15-13(17)16-10-14(3,18)12-4-7-20-9-12/h4,7,9,11,18H,5-6,8,10H2,1-3H3,(H2,15,16,17). The van der Waals surface area contributed by atoms with Crippen molar-refractivity contribution < 1.29 is 14.6 Å². The molecule has 0 aliphatic heterocycles. The Balaban J connectivity index is 2.17. The molecule has 1 unspecified atom stereocenters. The van der Waals surface area contributed by atoms with E-state index in [2.05, 4.69) is 24.5 Å². The number of hydrogen-bond acceptors (Lipinski definition) is 4. The Hall–Kier alpha value is -1.11. The van der Waals surface area contributed by atoms with Gasteiger partial charge in [-0.3, -0.25) is 0 Å². The minimum absolute atomic E-state index is 0.169. The van der Waals surface area contributed by atoms with E-state index in [1.54, 1.807) is 6.92 Å². The summed E-state index contributed by atoms with van der Waals surface area (Å²) < 4.78 is 5.36. The highest BCUT2D eigenvalue weighted by Crippen LogP contribution is 2.21. The maximum Gasteiger partial charge on any atom is 0.314 e. The number of aliphatic hydroxyl groups is 1. The van der Waals surface area contributed by atoms with Gasteiger partial charge in [0, 0.05) is 13.2 Å². The maximum absolute atomic E-state index is 11.6. The molecule has 0 saturated heterocycles. The zero-order chi connectivity index (χ0) is 15.0. The molecule has 2 amide bonds. The van der Waals surface area contributed by atoms with Crippen molar-refractivity contribution in [3.8, 4) is 0 Å². The van der Waals surface area contributed by atoms with Gasteiger partial charge in [-0.15, -0.1) is 0 Å². The SMILES string of the molecule is CC(C)COCCNC(=O)NCC(C)(O)c1ccsc1. The molecule has 1 rings (SSSR count). The zero-order valence-corrected chi connectivity index (χ0v) is 13.1. The van der Waals surface area contributed by atoms with E-state index in [9.17, 15) is 9.90 Å². The van der Waals surface area contributed by atoms with Crippen LogP contribution in [0, 0.1) is 5.92 Å². The van der Waals surface area contributed by atoms with Gasteiger partial charge in [-0.25, -0.2) is 4.79 Å². The number of ether oxygens (including phenoxy) is 1. The highest BCUT2D eigenvalue weighted by Gasteiger charge is 2.23. The maximum atomic E-state index is 11.6. The lowest BCUT2D eigenvalue weighted by Gasteiger charge is -2.22.